The van der Waals surface area contributed by atoms with Gasteiger partial charge in [0.15, 0.2) is 11.5 Å². The van der Waals surface area contributed by atoms with Gasteiger partial charge in [-0.25, -0.2) is 9.78 Å². The lowest BCUT2D eigenvalue weighted by Gasteiger charge is -2.27. The molecule has 6 nitrogen and oxygen atoms in total. The van der Waals surface area contributed by atoms with Crippen LogP contribution in [-0.4, -0.2) is 30.3 Å². The van der Waals surface area contributed by atoms with Crippen LogP contribution in [-0.2, 0) is 16.0 Å². The Bertz CT molecular complexity index is 1100. The molecule has 0 aliphatic heterocycles. The van der Waals surface area contributed by atoms with E-state index in [4.69, 9.17) is 23.6 Å². The molecular formula is C29H35NO5. The average Bonchev–Trinajstić information content (AvgIpc) is 3.25. The highest BCUT2D eigenvalue weighted by Gasteiger charge is 2.31. The van der Waals surface area contributed by atoms with E-state index < -0.39 is 11.6 Å². The first-order chi connectivity index (χ1) is 16.9. The second-order valence-electron chi connectivity index (χ2n) is 9.69. The first-order valence-electron chi connectivity index (χ1n) is 12.4. The van der Waals surface area contributed by atoms with Gasteiger partial charge >= 0.3 is 5.97 Å². The smallest absolute Gasteiger partial charge is 0.349 e. The minimum atomic E-state index is -1.06. The Labute approximate surface area is 207 Å². The Kier molecular flexibility index (Phi) is 7.79. The normalized spacial score (nSPS) is 18.2. The van der Waals surface area contributed by atoms with Crippen LogP contribution < -0.4 is 9.47 Å². The van der Waals surface area contributed by atoms with Gasteiger partial charge in [-0.3, -0.25) is 0 Å². The summed E-state index contributed by atoms with van der Waals surface area (Å²) in [6, 6.07) is 18.0. The largest absolute Gasteiger partial charge is 0.493 e. The molecule has 0 unspecified atom stereocenters. The minimum absolute atomic E-state index is 0.394. The Hall–Kier alpha value is -3.28. The van der Waals surface area contributed by atoms with E-state index in [-0.39, 0.29) is 0 Å². The molecule has 186 valence electrons. The zero-order chi connectivity index (χ0) is 24.8. The number of rotatable bonds is 9. The van der Waals surface area contributed by atoms with E-state index in [1.807, 2.05) is 19.1 Å². The number of hydrogen-bond acceptors (Lipinski definition) is 6. The SMILES string of the molecule is COC(=O)C(C)(C)Oc1ccc(OCCc2nc(C3CCC(c4ccccc4)CC3)oc2C)cc1. The van der Waals surface area contributed by atoms with Gasteiger partial charge < -0.3 is 18.6 Å². The molecule has 6 heteroatoms. The fourth-order valence-electron chi connectivity index (χ4n) is 4.71. The van der Waals surface area contributed by atoms with Crippen molar-refractivity contribution in [3.05, 3.63) is 77.5 Å². The third-order valence-corrected chi connectivity index (χ3v) is 6.74. The number of nitrogens with zero attached hydrogens (tertiary/aromatic N) is 1. The van der Waals surface area contributed by atoms with Crippen molar-refractivity contribution in [2.75, 3.05) is 13.7 Å². The summed E-state index contributed by atoms with van der Waals surface area (Å²) in [5, 5.41) is 0. The highest BCUT2D eigenvalue weighted by Crippen LogP contribution is 2.40. The third kappa shape index (κ3) is 6.24. The number of hydrogen-bond donors (Lipinski definition) is 0. The quantitative estimate of drug-likeness (QED) is 0.333. The molecule has 1 fully saturated rings. The average molecular weight is 478 g/mol. The van der Waals surface area contributed by atoms with Crippen LogP contribution in [0.5, 0.6) is 11.5 Å². The van der Waals surface area contributed by atoms with Crippen LogP contribution >= 0.6 is 0 Å². The maximum absolute atomic E-state index is 11.8. The van der Waals surface area contributed by atoms with Gasteiger partial charge in [-0.1, -0.05) is 30.3 Å². The van der Waals surface area contributed by atoms with E-state index in [0.717, 1.165) is 35.9 Å². The second-order valence-corrected chi connectivity index (χ2v) is 9.69. The van der Waals surface area contributed by atoms with Crippen molar-refractivity contribution in [3.63, 3.8) is 0 Å². The molecule has 0 bridgehead atoms. The van der Waals surface area contributed by atoms with Crippen molar-refractivity contribution in [2.24, 2.45) is 0 Å². The van der Waals surface area contributed by atoms with Crippen molar-refractivity contribution in [2.45, 2.75) is 70.3 Å². The number of esters is 1. The predicted octanol–water partition coefficient (Wildman–Crippen LogP) is 6.38. The number of carbonyl (C=O) groups is 1. The molecule has 2 aromatic carbocycles. The zero-order valence-electron chi connectivity index (χ0n) is 21.1. The summed E-state index contributed by atoms with van der Waals surface area (Å²) in [5.74, 6) is 3.66. The maximum atomic E-state index is 11.8. The van der Waals surface area contributed by atoms with Crippen LogP contribution in [0.4, 0.5) is 0 Å². The number of aromatic nitrogens is 1. The van der Waals surface area contributed by atoms with E-state index >= 15 is 0 Å². The zero-order valence-corrected chi connectivity index (χ0v) is 21.1. The third-order valence-electron chi connectivity index (χ3n) is 6.74. The first kappa shape index (κ1) is 24.8. The Morgan fingerprint density at radius 2 is 1.60 bits per heavy atom. The molecule has 1 aliphatic carbocycles. The lowest BCUT2D eigenvalue weighted by Crippen LogP contribution is -2.39. The molecule has 4 rings (SSSR count). The molecule has 0 spiro atoms. The van der Waals surface area contributed by atoms with Crippen LogP contribution in [0.25, 0.3) is 0 Å². The summed E-state index contributed by atoms with van der Waals surface area (Å²) < 4.78 is 22.5. The number of aryl methyl sites for hydroxylation is 1. The lowest BCUT2D eigenvalue weighted by molar-refractivity contribution is -0.156. The molecular weight excluding hydrogens is 442 g/mol. The van der Waals surface area contributed by atoms with Crippen LogP contribution in [0, 0.1) is 6.92 Å². The summed E-state index contributed by atoms with van der Waals surface area (Å²) in [4.78, 5) is 16.6. The molecule has 1 aliphatic rings. The standard InChI is InChI=1S/C29H35NO5/c1-20-26(18-19-33-24-14-16-25(17-15-24)35-29(2,3)28(31)32-4)30-27(34-20)23-12-10-22(11-13-23)21-8-6-5-7-9-21/h5-9,14-17,22-23H,10-13,18-19H2,1-4H3. The number of benzene rings is 2. The Morgan fingerprint density at radius 1 is 0.971 bits per heavy atom. The maximum Gasteiger partial charge on any atom is 0.349 e. The van der Waals surface area contributed by atoms with Crippen molar-refractivity contribution in [3.8, 4) is 11.5 Å². The fourth-order valence-corrected chi connectivity index (χ4v) is 4.71. The Morgan fingerprint density at radius 3 is 2.26 bits per heavy atom. The topological polar surface area (TPSA) is 70.8 Å². The molecule has 1 aromatic heterocycles. The first-order valence-corrected chi connectivity index (χ1v) is 12.4. The molecule has 1 saturated carbocycles. The van der Waals surface area contributed by atoms with Gasteiger partial charge in [-0.2, -0.15) is 0 Å². The van der Waals surface area contributed by atoms with Crippen LogP contribution in [0.15, 0.2) is 59.0 Å². The number of carbonyl (C=O) groups excluding carboxylic acids is 1. The van der Waals surface area contributed by atoms with Crippen molar-refractivity contribution >= 4 is 5.97 Å². The number of oxazole rings is 1. The van der Waals surface area contributed by atoms with Gasteiger partial charge in [-0.15, -0.1) is 0 Å². The van der Waals surface area contributed by atoms with E-state index in [1.54, 1.807) is 26.0 Å². The predicted molar refractivity (Wildman–Crippen MR) is 134 cm³/mol. The molecule has 1 heterocycles. The van der Waals surface area contributed by atoms with Gasteiger partial charge in [0.2, 0.25) is 0 Å². The van der Waals surface area contributed by atoms with Gasteiger partial charge in [-0.05, 0) is 82.2 Å². The minimum Gasteiger partial charge on any atom is -0.493 e. The van der Waals surface area contributed by atoms with E-state index in [9.17, 15) is 4.79 Å². The van der Waals surface area contributed by atoms with Crippen molar-refractivity contribution in [1.29, 1.82) is 0 Å². The molecule has 0 N–H and O–H groups in total. The van der Waals surface area contributed by atoms with Crippen LogP contribution in [0.1, 0.15) is 74.3 Å². The molecule has 35 heavy (non-hydrogen) atoms. The summed E-state index contributed by atoms with van der Waals surface area (Å²) >= 11 is 0. The fraction of sp³-hybridized carbons (Fsp3) is 0.448. The summed E-state index contributed by atoms with van der Waals surface area (Å²) in [5.41, 5.74) is 1.35. The van der Waals surface area contributed by atoms with Gasteiger partial charge in [0.05, 0.1) is 19.4 Å². The van der Waals surface area contributed by atoms with Crippen molar-refractivity contribution < 1.29 is 23.4 Å². The second kappa shape index (κ2) is 11.0. The molecule has 0 radical (unpaired) electrons. The van der Waals surface area contributed by atoms with Crippen molar-refractivity contribution in [1.82, 2.24) is 4.98 Å². The van der Waals surface area contributed by atoms with E-state index in [1.165, 1.54) is 25.5 Å². The van der Waals surface area contributed by atoms with Gasteiger partial charge in [0, 0.05) is 12.3 Å². The summed E-state index contributed by atoms with van der Waals surface area (Å²) in [6.45, 7) is 5.83. The molecule has 0 amide bonds. The molecule has 0 atom stereocenters. The lowest BCUT2D eigenvalue weighted by atomic mass is 9.78. The monoisotopic (exact) mass is 477 g/mol. The Balaban J connectivity index is 1.26. The van der Waals surface area contributed by atoms with E-state index in [0.29, 0.717) is 30.6 Å². The molecule has 0 saturated heterocycles. The summed E-state index contributed by atoms with van der Waals surface area (Å²) in [7, 11) is 1.35. The number of methoxy groups -OCH3 is 1. The highest BCUT2D eigenvalue weighted by molar-refractivity contribution is 5.78. The van der Waals surface area contributed by atoms with Gasteiger partial charge in [0.25, 0.3) is 0 Å². The molecule has 3 aromatic rings. The van der Waals surface area contributed by atoms with Crippen LogP contribution in [0.2, 0.25) is 0 Å². The summed E-state index contributed by atoms with van der Waals surface area (Å²) in [6.07, 6.45) is 5.24. The number of ether oxygens (including phenoxy) is 3. The highest BCUT2D eigenvalue weighted by atomic mass is 16.6. The van der Waals surface area contributed by atoms with E-state index in [2.05, 4.69) is 30.3 Å². The van der Waals surface area contributed by atoms with Crippen LogP contribution in [0.3, 0.4) is 0 Å². The van der Waals surface area contributed by atoms with Gasteiger partial charge in [0.1, 0.15) is 17.3 Å².